The number of amides is 1. The number of ether oxygens (including phenoxy) is 1. The van der Waals surface area contributed by atoms with Crippen LogP contribution in [0.15, 0.2) is 24.3 Å². The summed E-state index contributed by atoms with van der Waals surface area (Å²) in [5.74, 6) is 0.888. The number of fused-ring (bicyclic) bond motifs is 1. The number of para-hydroxylation sites is 1. The highest BCUT2D eigenvalue weighted by Gasteiger charge is 2.38. The summed E-state index contributed by atoms with van der Waals surface area (Å²) in [6.45, 7) is 6.82. The molecule has 0 saturated carbocycles. The zero-order chi connectivity index (χ0) is 28.4. The minimum absolute atomic E-state index is 0.00108. The predicted molar refractivity (Wildman–Crippen MR) is 139 cm³/mol. The first-order valence-corrected chi connectivity index (χ1v) is 13.5. The Kier molecular flexibility index (Phi) is 8.25. The number of carbonyl (C=O) groups excluding carboxylic acids is 1. The Morgan fingerprint density at radius 3 is 2.56 bits per heavy atom. The largest absolute Gasteiger partial charge is 0.467 e. The van der Waals surface area contributed by atoms with E-state index in [1.54, 1.807) is 36.6 Å². The summed E-state index contributed by atoms with van der Waals surface area (Å²) in [6.07, 6.45) is -4.50. The molecular formula is C26H30F3N6O3S+. The Balaban J connectivity index is 1.64. The Morgan fingerprint density at radius 1 is 1.15 bits per heavy atom. The highest BCUT2D eigenvalue weighted by atomic mass is 32.1. The summed E-state index contributed by atoms with van der Waals surface area (Å²) >= 11 is 0.314. The number of nitrogens with zero attached hydrogens (tertiary/aromatic N) is 6. The summed E-state index contributed by atoms with van der Waals surface area (Å²) in [5, 5.41) is 9.43. The van der Waals surface area contributed by atoms with Crippen LogP contribution >= 0.6 is 0 Å². The summed E-state index contributed by atoms with van der Waals surface area (Å²) in [7, 11) is 0. The molecule has 0 aliphatic carbocycles. The van der Waals surface area contributed by atoms with Gasteiger partial charge in [-0.1, -0.05) is 12.1 Å². The van der Waals surface area contributed by atoms with Crippen molar-refractivity contribution in [2.75, 3.05) is 36.0 Å². The molecule has 208 valence electrons. The molecule has 3 heterocycles. The van der Waals surface area contributed by atoms with E-state index in [-0.39, 0.29) is 24.4 Å². The molecule has 0 radical (unpaired) electrons. The molecule has 1 aromatic carbocycles. The third-order valence-electron chi connectivity index (χ3n) is 6.56. The predicted octanol–water partition coefficient (Wildman–Crippen LogP) is 4.33. The fourth-order valence-corrected chi connectivity index (χ4v) is 5.16. The van der Waals surface area contributed by atoms with Crippen LogP contribution in [-0.2, 0) is 45.5 Å². The average Bonchev–Trinajstić information content (AvgIpc) is 2.86. The molecule has 2 aromatic rings. The van der Waals surface area contributed by atoms with Crippen molar-refractivity contribution in [3.05, 3.63) is 46.9 Å². The first kappa shape index (κ1) is 28.5. The van der Waals surface area contributed by atoms with E-state index in [2.05, 4.69) is 16.0 Å². The number of piperazine rings is 1. The van der Waals surface area contributed by atoms with E-state index in [9.17, 15) is 27.4 Å². The lowest BCUT2D eigenvalue weighted by Gasteiger charge is -2.42. The van der Waals surface area contributed by atoms with Crippen molar-refractivity contribution in [2.24, 2.45) is 0 Å². The van der Waals surface area contributed by atoms with E-state index >= 15 is 0 Å². The van der Waals surface area contributed by atoms with Gasteiger partial charge in [0.1, 0.15) is 11.4 Å². The first-order chi connectivity index (χ1) is 18.4. The lowest BCUT2D eigenvalue weighted by atomic mass is 10.0. The second-order valence-electron chi connectivity index (χ2n) is 10.5. The molecule has 0 bridgehead atoms. The van der Waals surface area contributed by atoms with E-state index < -0.39 is 29.5 Å². The quantitative estimate of drug-likeness (QED) is 0.496. The smallest absolute Gasteiger partial charge is 0.444 e. The topological polar surface area (TPSA) is 103 Å². The Bertz CT molecular complexity index is 1280. The van der Waals surface area contributed by atoms with Crippen molar-refractivity contribution >= 4 is 29.3 Å². The zero-order valence-corrected chi connectivity index (χ0v) is 22.8. The van der Waals surface area contributed by atoms with Crippen LogP contribution in [0.5, 0.6) is 0 Å². The molecule has 1 fully saturated rings. The number of nitriles is 1. The van der Waals surface area contributed by atoms with E-state index in [0.717, 1.165) is 11.6 Å². The zero-order valence-electron chi connectivity index (χ0n) is 22.0. The maximum Gasteiger partial charge on any atom is 0.467 e. The van der Waals surface area contributed by atoms with Crippen LogP contribution in [0, 0.1) is 11.3 Å². The standard InChI is InChI=1S/C26H30F3N6O3S/c1-25(2,3)38-24(36)35-13-12-34(14-17(35)8-10-30)23-18-9-11-33(15-20(18)31-22(32-23)16-39-37)21-7-5-4-6-19(21)26(27,28)29/h4-7,17H,8-9,11-16H2,1-3H3/q+1. The lowest BCUT2D eigenvalue weighted by molar-refractivity contribution is -0.137. The molecule has 0 N–H and O–H groups in total. The molecule has 2 aliphatic rings. The van der Waals surface area contributed by atoms with Gasteiger partial charge in [-0.05, 0) is 39.3 Å². The highest BCUT2D eigenvalue weighted by molar-refractivity contribution is 7.64. The van der Waals surface area contributed by atoms with Crippen LogP contribution in [0.3, 0.4) is 0 Å². The normalized spacial score (nSPS) is 17.9. The fourth-order valence-electron chi connectivity index (χ4n) is 4.92. The van der Waals surface area contributed by atoms with Crippen molar-refractivity contribution in [3.63, 3.8) is 0 Å². The number of carbonyl (C=O) groups is 1. The monoisotopic (exact) mass is 563 g/mol. The molecule has 1 amide bonds. The number of hydrogen-bond acceptors (Lipinski definition) is 8. The number of alkyl halides is 3. The van der Waals surface area contributed by atoms with Gasteiger partial charge in [-0.15, -0.1) is 0 Å². The molecular weight excluding hydrogens is 533 g/mol. The van der Waals surface area contributed by atoms with Crippen molar-refractivity contribution in [3.8, 4) is 6.07 Å². The van der Waals surface area contributed by atoms with Gasteiger partial charge < -0.3 is 19.4 Å². The van der Waals surface area contributed by atoms with Gasteiger partial charge in [0, 0.05) is 41.6 Å². The van der Waals surface area contributed by atoms with Crippen molar-refractivity contribution in [1.29, 1.82) is 5.26 Å². The van der Waals surface area contributed by atoms with Gasteiger partial charge in [0.15, 0.2) is 5.82 Å². The summed E-state index contributed by atoms with van der Waals surface area (Å²) in [6, 6.07) is 7.15. The van der Waals surface area contributed by atoms with Gasteiger partial charge in [-0.25, -0.2) is 14.8 Å². The van der Waals surface area contributed by atoms with E-state index in [1.165, 1.54) is 12.1 Å². The van der Waals surface area contributed by atoms with Crippen LogP contribution in [0.2, 0.25) is 0 Å². The minimum atomic E-state index is -4.50. The van der Waals surface area contributed by atoms with Gasteiger partial charge in [0.05, 0.1) is 36.3 Å². The fraction of sp³-hybridized carbons (Fsp3) is 0.538. The Labute approximate surface area is 229 Å². The summed E-state index contributed by atoms with van der Waals surface area (Å²) < 4.78 is 58.0. The van der Waals surface area contributed by atoms with Crippen LogP contribution in [0.25, 0.3) is 0 Å². The van der Waals surface area contributed by atoms with E-state index in [1.807, 2.05) is 4.90 Å². The average molecular weight is 564 g/mol. The molecule has 1 atom stereocenters. The SMILES string of the molecule is CC(C)(C)OC(=O)N1CCN(c2nc(C[S+]=O)nc3c2CCN(c2ccccc2C(F)(F)F)C3)CC1CC#N. The number of anilines is 2. The van der Waals surface area contributed by atoms with Crippen molar-refractivity contribution < 1.29 is 26.9 Å². The van der Waals surface area contributed by atoms with Crippen molar-refractivity contribution in [1.82, 2.24) is 14.9 Å². The van der Waals surface area contributed by atoms with Gasteiger partial charge in [0.25, 0.3) is 5.75 Å². The van der Waals surface area contributed by atoms with Gasteiger partial charge in [0.2, 0.25) is 0 Å². The molecule has 1 saturated heterocycles. The molecule has 4 rings (SSSR count). The van der Waals surface area contributed by atoms with Gasteiger partial charge in [-0.2, -0.15) is 18.4 Å². The second kappa shape index (κ2) is 11.3. The maximum absolute atomic E-state index is 13.7. The van der Waals surface area contributed by atoms with Gasteiger partial charge >= 0.3 is 23.9 Å². The number of rotatable bonds is 5. The van der Waals surface area contributed by atoms with Crippen LogP contribution < -0.4 is 9.80 Å². The molecule has 1 unspecified atom stereocenters. The second-order valence-corrected chi connectivity index (χ2v) is 11.0. The molecule has 1 aromatic heterocycles. The molecule has 39 heavy (non-hydrogen) atoms. The number of hydrogen-bond donors (Lipinski definition) is 0. The Morgan fingerprint density at radius 2 is 1.90 bits per heavy atom. The number of benzene rings is 1. The first-order valence-electron chi connectivity index (χ1n) is 12.6. The summed E-state index contributed by atoms with van der Waals surface area (Å²) in [4.78, 5) is 27.2. The van der Waals surface area contributed by atoms with Crippen LogP contribution in [0.4, 0.5) is 29.5 Å². The van der Waals surface area contributed by atoms with Gasteiger partial charge in [-0.3, -0.25) is 0 Å². The van der Waals surface area contributed by atoms with Crippen LogP contribution in [-0.4, -0.2) is 58.8 Å². The Hall–Kier alpha value is -3.53. The maximum atomic E-state index is 13.7. The lowest BCUT2D eigenvalue weighted by Crippen LogP contribution is -2.56. The third kappa shape index (κ3) is 6.55. The molecule has 0 spiro atoms. The highest BCUT2D eigenvalue weighted by Crippen LogP contribution is 2.39. The third-order valence-corrected chi connectivity index (χ3v) is 6.94. The van der Waals surface area contributed by atoms with E-state index in [4.69, 9.17) is 4.74 Å². The summed E-state index contributed by atoms with van der Waals surface area (Å²) in [5.41, 5.74) is 0.0559. The van der Waals surface area contributed by atoms with Crippen LogP contribution in [0.1, 0.15) is 49.8 Å². The molecule has 2 aliphatic heterocycles. The molecule has 13 heteroatoms. The molecule has 9 nitrogen and oxygen atoms in total. The number of halogens is 3. The van der Waals surface area contributed by atoms with Crippen molar-refractivity contribution in [2.45, 2.75) is 63.7 Å². The minimum Gasteiger partial charge on any atom is -0.444 e. The number of aromatic nitrogens is 2. The van der Waals surface area contributed by atoms with E-state index in [0.29, 0.717) is 61.6 Å².